The Balaban J connectivity index is 2.10. The second-order valence-corrected chi connectivity index (χ2v) is 6.37. The Bertz CT molecular complexity index is 313. The number of hydrogen-bond acceptors (Lipinski definition) is 4. The number of nitrogens with one attached hydrogen (secondary N) is 1. The first-order valence-electron chi connectivity index (χ1n) is 7.67. The number of carbonyl (C=O) groups excluding carboxylic acids is 1. The quantitative estimate of drug-likeness (QED) is 0.791. The fraction of sp³-hybridized carbons (Fsp3) is 0.933. The molecule has 0 aromatic rings. The summed E-state index contributed by atoms with van der Waals surface area (Å²) in [6.07, 6.45) is 6.74. The average Bonchev–Trinajstić information content (AvgIpc) is 2.91. The molecule has 1 aliphatic carbocycles. The summed E-state index contributed by atoms with van der Waals surface area (Å²) < 4.78 is 5.08. The van der Waals surface area contributed by atoms with Gasteiger partial charge in [-0.3, -0.25) is 10.1 Å². The molecular weight excluding hydrogens is 240 g/mol. The third-order valence-corrected chi connectivity index (χ3v) is 4.52. The van der Waals surface area contributed by atoms with Crippen molar-refractivity contribution in [2.45, 2.75) is 70.0 Å². The van der Waals surface area contributed by atoms with Gasteiger partial charge in [0.2, 0.25) is 0 Å². The van der Waals surface area contributed by atoms with Gasteiger partial charge >= 0.3 is 5.97 Å². The largest absolute Gasteiger partial charge is 0.468 e. The minimum absolute atomic E-state index is 0.0786. The van der Waals surface area contributed by atoms with Gasteiger partial charge in [0.1, 0.15) is 5.54 Å². The molecule has 0 aromatic carbocycles. The maximum atomic E-state index is 12.3. The number of carbonyl (C=O) groups is 1. The molecule has 0 radical (unpaired) electrons. The van der Waals surface area contributed by atoms with Crippen LogP contribution in [0.5, 0.6) is 0 Å². The van der Waals surface area contributed by atoms with Gasteiger partial charge in [0, 0.05) is 12.1 Å². The van der Waals surface area contributed by atoms with Gasteiger partial charge in [0.15, 0.2) is 0 Å². The lowest BCUT2D eigenvalue weighted by Crippen LogP contribution is -2.60. The molecule has 0 bridgehead atoms. The van der Waals surface area contributed by atoms with E-state index in [0.717, 1.165) is 19.3 Å². The standard InChI is InChI=1S/C15H28N2O2/c1-12(2)16-15(14(18)19-3)8-6-7-13(11-15)17-9-4-5-10-17/h12-13,16H,4-11H2,1-3H3. The number of likely N-dealkylation sites (tertiary alicyclic amines) is 1. The lowest BCUT2D eigenvalue weighted by atomic mass is 9.78. The zero-order valence-corrected chi connectivity index (χ0v) is 12.6. The highest BCUT2D eigenvalue weighted by Crippen LogP contribution is 2.34. The maximum absolute atomic E-state index is 12.3. The van der Waals surface area contributed by atoms with E-state index in [-0.39, 0.29) is 5.97 Å². The summed E-state index contributed by atoms with van der Waals surface area (Å²) in [5.41, 5.74) is -0.464. The van der Waals surface area contributed by atoms with Crippen LogP contribution in [0.25, 0.3) is 0 Å². The summed E-state index contributed by atoms with van der Waals surface area (Å²) in [4.78, 5) is 14.8. The van der Waals surface area contributed by atoms with Crippen molar-refractivity contribution in [2.75, 3.05) is 20.2 Å². The normalized spacial score (nSPS) is 32.7. The summed E-state index contributed by atoms with van der Waals surface area (Å²) in [7, 11) is 1.51. The van der Waals surface area contributed by atoms with Crippen molar-refractivity contribution in [3.05, 3.63) is 0 Å². The molecule has 4 heteroatoms. The predicted octanol–water partition coefficient (Wildman–Crippen LogP) is 1.93. The topological polar surface area (TPSA) is 41.6 Å². The van der Waals surface area contributed by atoms with Crippen molar-refractivity contribution in [2.24, 2.45) is 0 Å². The molecule has 0 amide bonds. The third kappa shape index (κ3) is 3.29. The van der Waals surface area contributed by atoms with Crippen LogP contribution in [-0.2, 0) is 9.53 Å². The minimum atomic E-state index is -0.464. The highest BCUT2D eigenvalue weighted by atomic mass is 16.5. The molecule has 2 rings (SSSR count). The molecule has 2 unspecified atom stereocenters. The number of rotatable bonds is 4. The molecule has 1 heterocycles. The van der Waals surface area contributed by atoms with E-state index in [0.29, 0.717) is 12.1 Å². The van der Waals surface area contributed by atoms with Gasteiger partial charge in [-0.25, -0.2) is 0 Å². The molecule has 1 saturated heterocycles. The molecule has 2 atom stereocenters. The van der Waals surface area contributed by atoms with E-state index in [4.69, 9.17) is 4.74 Å². The van der Waals surface area contributed by atoms with E-state index in [1.807, 2.05) is 0 Å². The summed E-state index contributed by atoms with van der Waals surface area (Å²) in [5, 5.41) is 3.50. The van der Waals surface area contributed by atoms with Crippen LogP contribution in [0.4, 0.5) is 0 Å². The first kappa shape index (κ1) is 14.8. The van der Waals surface area contributed by atoms with Gasteiger partial charge in [-0.05, 0) is 65.5 Å². The fourth-order valence-corrected chi connectivity index (χ4v) is 3.79. The lowest BCUT2D eigenvalue weighted by molar-refractivity contribution is -0.151. The van der Waals surface area contributed by atoms with Crippen molar-refractivity contribution in [1.29, 1.82) is 0 Å². The van der Waals surface area contributed by atoms with E-state index < -0.39 is 5.54 Å². The predicted molar refractivity (Wildman–Crippen MR) is 76.1 cm³/mol. The first-order valence-corrected chi connectivity index (χ1v) is 7.67. The van der Waals surface area contributed by atoms with Crippen LogP contribution < -0.4 is 5.32 Å². The molecule has 19 heavy (non-hydrogen) atoms. The van der Waals surface area contributed by atoms with Gasteiger partial charge < -0.3 is 9.64 Å². The van der Waals surface area contributed by atoms with E-state index >= 15 is 0 Å². The fourth-order valence-electron chi connectivity index (χ4n) is 3.79. The SMILES string of the molecule is COC(=O)C1(NC(C)C)CCCC(N2CCCC2)C1. The van der Waals surface area contributed by atoms with Crippen LogP contribution in [0, 0.1) is 0 Å². The Hall–Kier alpha value is -0.610. The summed E-state index contributed by atoms with van der Waals surface area (Å²) >= 11 is 0. The van der Waals surface area contributed by atoms with Crippen molar-refractivity contribution in [3.63, 3.8) is 0 Å². The van der Waals surface area contributed by atoms with Gasteiger partial charge in [-0.2, -0.15) is 0 Å². The van der Waals surface area contributed by atoms with Crippen LogP contribution >= 0.6 is 0 Å². The molecule has 0 aromatic heterocycles. The van der Waals surface area contributed by atoms with Gasteiger partial charge in [0.25, 0.3) is 0 Å². The zero-order valence-electron chi connectivity index (χ0n) is 12.6. The van der Waals surface area contributed by atoms with Crippen molar-refractivity contribution in [3.8, 4) is 0 Å². The molecule has 2 fully saturated rings. The summed E-state index contributed by atoms with van der Waals surface area (Å²) in [5.74, 6) is -0.0786. The second-order valence-electron chi connectivity index (χ2n) is 6.37. The monoisotopic (exact) mass is 268 g/mol. The minimum Gasteiger partial charge on any atom is -0.468 e. The highest BCUT2D eigenvalue weighted by Gasteiger charge is 2.45. The first-order chi connectivity index (χ1) is 9.07. The molecule has 2 aliphatic rings. The van der Waals surface area contributed by atoms with Gasteiger partial charge in [-0.1, -0.05) is 0 Å². The maximum Gasteiger partial charge on any atom is 0.326 e. The average molecular weight is 268 g/mol. The molecule has 1 N–H and O–H groups in total. The Morgan fingerprint density at radius 1 is 1.32 bits per heavy atom. The number of esters is 1. The summed E-state index contributed by atoms with van der Waals surface area (Å²) in [6.45, 7) is 6.60. The summed E-state index contributed by atoms with van der Waals surface area (Å²) in [6, 6.07) is 0.845. The number of ether oxygens (including phenoxy) is 1. The molecule has 1 aliphatic heterocycles. The van der Waals surface area contributed by atoms with Crippen LogP contribution in [0.3, 0.4) is 0 Å². The number of methoxy groups -OCH3 is 1. The third-order valence-electron chi connectivity index (χ3n) is 4.52. The lowest BCUT2D eigenvalue weighted by Gasteiger charge is -2.43. The number of nitrogens with zero attached hydrogens (tertiary/aromatic N) is 1. The van der Waals surface area contributed by atoms with Crippen LogP contribution in [0.2, 0.25) is 0 Å². The molecular formula is C15H28N2O2. The Kier molecular flexibility index (Phi) is 4.85. The Labute approximate surface area is 116 Å². The van der Waals surface area contributed by atoms with E-state index in [9.17, 15) is 4.79 Å². The zero-order chi connectivity index (χ0) is 13.9. The van der Waals surface area contributed by atoms with E-state index in [1.54, 1.807) is 0 Å². The molecule has 4 nitrogen and oxygen atoms in total. The molecule has 0 spiro atoms. The second kappa shape index (κ2) is 6.23. The molecule has 110 valence electrons. The van der Waals surface area contributed by atoms with Crippen LogP contribution in [0.1, 0.15) is 52.4 Å². The van der Waals surface area contributed by atoms with Crippen LogP contribution in [0.15, 0.2) is 0 Å². The molecule has 1 saturated carbocycles. The Morgan fingerprint density at radius 3 is 2.58 bits per heavy atom. The van der Waals surface area contributed by atoms with Crippen molar-refractivity contribution < 1.29 is 9.53 Å². The van der Waals surface area contributed by atoms with E-state index in [1.165, 1.54) is 39.5 Å². The van der Waals surface area contributed by atoms with Crippen molar-refractivity contribution >= 4 is 5.97 Å². The van der Waals surface area contributed by atoms with Gasteiger partial charge in [-0.15, -0.1) is 0 Å². The van der Waals surface area contributed by atoms with Crippen molar-refractivity contribution in [1.82, 2.24) is 10.2 Å². The Morgan fingerprint density at radius 2 is 2.00 bits per heavy atom. The smallest absolute Gasteiger partial charge is 0.326 e. The van der Waals surface area contributed by atoms with E-state index in [2.05, 4.69) is 24.1 Å². The number of hydrogen-bond donors (Lipinski definition) is 1. The van der Waals surface area contributed by atoms with Crippen LogP contribution in [-0.4, -0.2) is 48.7 Å². The highest BCUT2D eigenvalue weighted by molar-refractivity contribution is 5.81. The van der Waals surface area contributed by atoms with Gasteiger partial charge in [0.05, 0.1) is 7.11 Å².